The molecule has 0 amide bonds. The standard InChI is InChI=1S/C15H19N3O2/c1-17-13-7-3-2-6-12(13)16-14(17)10-18-8-4-5-11(9-18)15(19)20/h2-3,6-7,11H,4-5,8-10H2,1H3,(H,19,20). The van der Waals surface area contributed by atoms with E-state index in [4.69, 9.17) is 5.11 Å². The summed E-state index contributed by atoms with van der Waals surface area (Å²) in [6.07, 6.45) is 1.73. The number of para-hydroxylation sites is 2. The van der Waals surface area contributed by atoms with Gasteiger partial charge in [-0.25, -0.2) is 4.98 Å². The maximum absolute atomic E-state index is 11.1. The van der Waals surface area contributed by atoms with E-state index in [1.807, 2.05) is 25.2 Å². The van der Waals surface area contributed by atoms with Crippen LogP contribution >= 0.6 is 0 Å². The van der Waals surface area contributed by atoms with Crippen LogP contribution < -0.4 is 0 Å². The number of fused-ring (bicyclic) bond motifs is 1. The first-order chi connectivity index (χ1) is 9.65. The van der Waals surface area contributed by atoms with E-state index >= 15 is 0 Å². The summed E-state index contributed by atoms with van der Waals surface area (Å²) in [6.45, 7) is 2.29. The molecule has 5 heteroatoms. The molecule has 2 heterocycles. The van der Waals surface area contributed by atoms with E-state index in [1.165, 1.54) is 0 Å². The van der Waals surface area contributed by atoms with Crippen molar-refractivity contribution in [3.8, 4) is 0 Å². The number of aryl methyl sites for hydroxylation is 1. The summed E-state index contributed by atoms with van der Waals surface area (Å²) in [5, 5.41) is 9.14. The maximum Gasteiger partial charge on any atom is 0.307 e. The maximum atomic E-state index is 11.1. The lowest BCUT2D eigenvalue weighted by Crippen LogP contribution is -2.38. The SMILES string of the molecule is Cn1c(CN2CCCC(C(=O)O)C2)nc2ccccc21. The quantitative estimate of drug-likeness (QED) is 0.927. The Balaban J connectivity index is 1.79. The molecule has 2 aromatic rings. The van der Waals surface area contributed by atoms with E-state index < -0.39 is 5.97 Å². The molecule has 1 saturated heterocycles. The van der Waals surface area contributed by atoms with Gasteiger partial charge >= 0.3 is 5.97 Å². The number of nitrogens with zero attached hydrogens (tertiary/aromatic N) is 3. The molecular formula is C15H19N3O2. The van der Waals surface area contributed by atoms with E-state index in [-0.39, 0.29) is 5.92 Å². The molecule has 20 heavy (non-hydrogen) atoms. The number of aromatic nitrogens is 2. The van der Waals surface area contributed by atoms with Crippen molar-refractivity contribution < 1.29 is 9.90 Å². The summed E-state index contributed by atoms with van der Waals surface area (Å²) < 4.78 is 2.10. The third-order valence-electron chi connectivity index (χ3n) is 4.10. The number of piperidine rings is 1. The third kappa shape index (κ3) is 2.41. The fraction of sp³-hybridized carbons (Fsp3) is 0.467. The predicted octanol–water partition coefficient (Wildman–Crippen LogP) is 1.87. The Hall–Kier alpha value is -1.88. The number of carboxylic acid groups (broad SMARTS) is 1. The summed E-state index contributed by atoms with van der Waals surface area (Å²) >= 11 is 0. The van der Waals surface area contributed by atoms with Crippen molar-refractivity contribution >= 4 is 17.0 Å². The number of aliphatic carboxylic acids is 1. The van der Waals surface area contributed by atoms with E-state index in [0.29, 0.717) is 6.54 Å². The molecule has 5 nitrogen and oxygen atoms in total. The van der Waals surface area contributed by atoms with E-state index in [0.717, 1.165) is 42.8 Å². The van der Waals surface area contributed by atoms with Crippen molar-refractivity contribution in [1.29, 1.82) is 0 Å². The van der Waals surface area contributed by atoms with Gasteiger partial charge in [0.15, 0.2) is 0 Å². The Morgan fingerprint density at radius 1 is 1.45 bits per heavy atom. The highest BCUT2D eigenvalue weighted by molar-refractivity contribution is 5.75. The molecule has 0 bridgehead atoms. The van der Waals surface area contributed by atoms with Crippen molar-refractivity contribution in [2.24, 2.45) is 13.0 Å². The van der Waals surface area contributed by atoms with E-state index in [2.05, 4.69) is 20.5 Å². The number of carbonyl (C=O) groups is 1. The van der Waals surface area contributed by atoms with Crippen LogP contribution in [0.15, 0.2) is 24.3 Å². The number of hydrogen-bond donors (Lipinski definition) is 1. The molecule has 1 fully saturated rings. The van der Waals surface area contributed by atoms with Gasteiger partial charge in [-0.05, 0) is 31.5 Å². The summed E-state index contributed by atoms with van der Waals surface area (Å²) in [5.74, 6) is 0.0791. The lowest BCUT2D eigenvalue weighted by Gasteiger charge is -2.30. The minimum Gasteiger partial charge on any atom is -0.481 e. The summed E-state index contributed by atoms with van der Waals surface area (Å²) in [7, 11) is 2.02. The molecule has 3 rings (SSSR count). The minimum atomic E-state index is -0.681. The predicted molar refractivity (Wildman–Crippen MR) is 76.4 cm³/mol. The number of rotatable bonds is 3. The first-order valence-electron chi connectivity index (χ1n) is 7.00. The lowest BCUT2D eigenvalue weighted by atomic mass is 9.98. The Labute approximate surface area is 117 Å². The molecule has 1 aromatic carbocycles. The minimum absolute atomic E-state index is 0.238. The Bertz CT molecular complexity index is 635. The highest BCUT2D eigenvalue weighted by Gasteiger charge is 2.26. The fourth-order valence-electron chi connectivity index (χ4n) is 2.94. The Morgan fingerprint density at radius 2 is 2.25 bits per heavy atom. The van der Waals surface area contributed by atoms with Gasteiger partial charge in [0.25, 0.3) is 0 Å². The molecule has 1 aliphatic rings. The smallest absolute Gasteiger partial charge is 0.307 e. The van der Waals surface area contributed by atoms with Crippen LogP contribution in [0.25, 0.3) is 11.0 Å². The highest BCUT2D eigenvalue weighted by atomic mass is 16.4. The highest BCUT2D eigenvalue weighted by Crippen LogP contribution is 2.20. The molecule has 0 saturated carbocycles. The van der Waals surface area contributed by atoms with Crippen LogP contribution in [0.3, 0.4) is 0 Å². The fourth-order valence-corrected chi connectivity index (χ4v) is 2.94. The van der Waals surface area contributed by atoms with E-state index in [9.17, 15) is 4.79 Å². The monoisotopic (exact) mass is 273 g/mol. The number of likely N-dealkylation sites (tertiary alicyclic amines) is 1. The van der Waals surface area contributed by atoms with Gasteiger partial charge in [0.1, 0.15) is 5.82 Å². The van der Waals surface area contributed by atoms with Gasteiger partial charge < -0.3 is 9.67 Å². The number of benzene rings is 1. The van der Waals surface area contributed by atoms with Gasteiger partial charge in [-0.2, -0.15) is 0 Å². The Morgan fingerprint density at radius 3 is 3.00 bits per heavy atom. The molecule has 0 aliphatic carbocycles. The van der Waals surface area contributed by atoms with Crippen LogP contribution in [0.2, 0.25) is 0 Å². The van der Waals surface area contributed by atoms with Gasteiger partial charge in [-0.3, -0.25) is 9.69 Å². The summed E-state index contributed by atoms with van der Waals surface area (Å²) in [5.41, 5.74) is 2.12. The second-order valence-corrected chi connectivity index (χ2v) is 5.49. The normalized spacial score (nSPS) is 20.4. The number of hydrogen-bond acceptors (Lipinski definition) is 3. The molecule has 1 N–H and O–H groups in total. The van der Waals surface area contributed by atoms with Crippen LogP contribution in [0.4, 0.5) is 0 Å². The molecule has 0 spiro atoms. The van der Waals surface area contributed by atoms with Crippen molar-refractivity contribution in [1.82, 2.24) is 14.5 Å². The van der Waals surface area contributed by atoms with Crippen molar-refractivity contribution in [2.45, 2.75) is 19.4 Å². The average Bonchev–Trinajstić information content (AvgIpc) is 2.76. The molecule has 1 aliphatic heterocycles. The van der Waals surface area contributed by atoms with Crippen LogP contribution in [0.1, 0.15) is 18.7 Å². The van der Waals surface area contributed by atoms with Gasteiger partial charge in [-0.15, -0.1) is 0 Å². The zero-order valence-electron chi connectivity index (χ0n) is 11.6. The van der Waals surface area contributed by atoms with E-state index in [1.54, 1.807) is 0 Å². The zero-order valence-corrected chi connectivity index (χ0v) is 11.6. The van der Waals surface area contributed by atoms with Gasteiger partial charge in [0.05, 0.1) is 23.5 Å². The summed E-state index contributed by atoms with van der Waals surface area (Å²) in [4.78, 5) is 18.0. The average molecular weight is 273 g/mol. The molecule has 0 radical (unpaired) electrons. The second-order valence-electron chi connectivity index (χ2n) is 5.49. The number of carboxylic acids is 1. The van der Waals surface area contributed by atoms with Gasteiger partial charge in [0.2, 0.25) is 0 Å². The van der Waals surface area contributed by atoms with Crippen molar-refractivity contribution in [3.63, 3.8) is 0 Å². The topological polar surface area (TPSA) is 58.4 Å². The third-order valence-corrected chi connectivity index (χ3v) is 4.10. The molecule has 1 unspecified atom stereocenters. The largest absolute Gasteiger partial charge is 0.481 e. The molecule has 106 valence electrons. The molecular weight excluding hydrogens is 254 g/mol. The van der Waals surface area contributed by atoms with Crippen LogP contribution in [0, 0.1) is 5.92 Å². The van der Waals surface area contributed by atoms with Crippen molar-refractivity contribution in [3.05, 3.63) is 30.1 Å². The van der Waals surface area contributed by atoms with Gasteiger partial charge in [-0.1, -0.05) is 12.1 Å². The Kier molecular flexibility index (Phi) is 3.44. The molecule has 1 aromatic heterocycles. The van der Waals surface area contributed by atoms with Crippen LogP contribution in [-0.2, 0) is 18.4 Å². The van der Waals surface area contributed by atoms with Crippen molar-refractivity contribution in [2.75, 3.05) is 13.1 Å². The first-order valence-corrected chi connectivity index (χ1v) is 7.00. The summed E-state index contributed by atoms with van der Waals surface area (Å²) in [6, 6.07) is 8.06. The van der Waals surface area contributed by atoms with Crippen LogP contribution in [-0.4, -0.2) is 38.6 Å². The number of imidazole rings is 1. The van der Waals surface area contributed by atoms with Gasteiger partial charge in [0, 0.05) is 13.6 Å². The first kappa shape index (κ1) is 13.1. The second kappa shape index (κ2) is 5.25. The lowest BCUT2D eigenvalue weighted by molar-refractivity contribution is -0.143. The van der Waals surface area contributed by atoms with Crippen LogP contribution in [0.5, 0.6) is 0 Å². The molecule has 1 atom stereocenters. The zero-order chi connectivity index (χ0) is 14.1.